The summed E-state index contributed by atoms with van der Waals surface area (Å²) in [6, 6.07) is 8.57. The zero-order chi connectivity index (χ0) is 11.8. The molecule has 1 aromatic rings. The van der Waals surface area contributed by atoms with Gasteiger partial charge in [-0.2, -0.15) is 0 Å². The van der Waals surface area contributed by atoms with Crippen LogP contribution in [0.1, 0.15) is 19.4 Å². The third-order valence-electron chi connectivity index (χ3n) is 2.22. The first-order valence-corrected chi connectivity index (χ1v) is 5.67. The lowest BCUT2D eigenvalue weighted by Crippen LogP contribution is -2.22. The maximum absolute atomic E-state index is 5.64. The predicted octanol–water partition coefficient (Wildman–Crippen LogP) is 2.21. The average Bonchev–Trinajstić information content (AvgIpc) is 2.28. The van der Waals surface area contributed by atoms with Gasteiger partial charge in [0.1, 0.15) is 12.4 Å². The first-order valence-electron chi connectivity index (χ1n) is 5.67. The van der Waals surface area contributed by atoms with Crippen molar-refractivity contribution in [2.24, 2.45) is 0 Å². The molecule has 1 aromatic carbocycles. The van der Waals surface area contributed by atoms with Crippen LogP contribution in [0.15, 0.2) is 24.3 Å². The molecule has 0 amide bonds. The lowest BCUT2D eigenvalue weighted by atomic mass is 10.2. The van der Waals surface area contributed by atoms with Crippen LogP contribution in [0.4, 0.5) is 0 Å². The van der Waals surface area contributed by atoms with Crippen molar-refractivity contribution >= 4 is 0 Å². The van der Waals surface area contributed by atoms with E-state index in [4.69, 9.17) is 9.47 Å². The van der Waals surface area contributed by atoms with Crippen LogP contribution in [0.2, 0.25) is 0 Å². The van der Waals surface area contributed by atoms with Crippen molar-refractivity contribution in [3.63, 3.8) is 0 Å². The van der Waals surface area contributed by atoms with E-state index in [0.29, 0.717) is 19.3 Å². The molecule has 3 heteroatoms. The van der Waals surface area contributed by atoms with Gasteiger partial charge in [0.05, 0.1) is 6.61 Å². The molecule has 0 radical (unpaired) electrons. The van der Waals surface area contributed by atoms with Crippen LogP contribution < -0.4 is 10.1 Å². The fourth-order valence-electron chi connectivity index (χ4n) is 1.34. The number of ether oxygens (including phenoxy) is 2. The van der Waals surface area contributed by atoms with Crippen molar-refractivity contribution in [1.29, 1.82) is 0 Å². The molecule has 16 heavy (non-hydrogen) atoms. The summed E-state index contributed by atoms with van der Waals surface area (Å²) in [5.41, 5.74) is 1.19. The second-order valence-electron chi connectivity index (χ2n) is 3.98. The molecule has 0 spiro atoms. The van der Waals surface area contributed by atoms with Crippen LogP contribution in [0.25, 0.3) is 0 Å². The molecule has 0 aliphatic rings. The number of benzene rings is 1. The highest BCUT2D eigenvalue weighted by Crippen LogP contribution is 2.17. The SMILES string of the molecule is COCCOc1ccccc1CNC(C)C. The van der Waals surface area contributed by atoms with Crippen molar-refractivity contribution in [3.05, 3.63) is 29.8 Å². The third-order valence-corrected chi connectivity index (χ3v) is 2.22. The molecule has 90 valence electrons. The first kappa shape index (κ1) is 13.0. The van der Waals surface area contributed by atoms with Gasteiger partial charge in [0, 0.05) is 25.3 Å². The van der Waals surface area contributed by atoms with Crippen LogP contribution in [0, 0.1) is 0 Å². The third kappa shape index (κ3) is 4.64. The first-order chi connectivity index (χ1) is 7.74. The Labute approximate surface area is 97.8 Å². The summed E-state index contributed by atoms with van der Waals surface area (Å²) in [5.74, 6) is 0.938. The molecule has 0 saturated heterocycles. The summed E-state index contributed by atoms with van der Waals surface area (Å²) in [6.45, 7) is 6.31. The van der Waals surface area contributed by atoms with Crippen LogP contribution in [0.5, 0.6) is 5.75 Å². The number of para-hydroxylation sites is 1. The van der Waals surface area contributed by atoms with Gasteiger partial charge in [-0.3, -0.25) is 0 Å². The molecule has 0 heterocycles. The lowest BCUT2D eigenvalue weighted by Gasteiger charge is -2.13. The molecule has 0 atom stereocenters. The van der Waals surface area contributed by atoms with Gasteiger partial charge in [-0.25, -0.2) is 0 Å². The van der Waals surface area contributed by atoms with Crippen LogP contribution >= 0.6 is 0 Å². The largest absolute Gasteiger partial charge is 0.491 e. The molecule has 1 N–H and O–H groups in total. The van der Waals surface area contributed by atoms with Crippen molar-refractivity contribution in [1.82, 2.24) is 5.32 Å². The van der Waals surface area contributed by atoms with Gasteiger partial charge in [-0.05, 0) is 6.07 Å². The van der Waals surface area contributed by atoms with Crippen LogP contribution in [-0.4, -0.2) is 26.4 Å². The lowest BCUT2D eigenvalue weighted by molar-refractivity contribution is 0.145. The molecule has 1 rings (SSSR count). The number of methoxy groups -OCH3 is 1. The highest BCUT2D eigenvalue weighted by atomic mass is 16.5. The Morgan fingerprint density at radius 3 is 2.62 bits per heavy atom. The number of nitrogens with one attached hydrogen (secondary N) is 1. The Morgan fingerprint density at radius 2 is 1.94 bits per heavy atom. The standard InChI is InChI=1S/C13H21NO2/c1-11(2)14-10-12-6-4-5-7-13(12)16-9-8-15-3/h4-7,11,14H,8-10H2,1-3H3. The van der Waals surface area contributed by atoms with Crippen molar-refractivity contribution < 1.29 is 9.47 Å². The number of rotatable bonds is 7. The second kappa shape index (κ2) is 7.25. The molecule has 0 fully saturated rings. The number of hydrogen-bond donors (Lipinski definition) is 1. The van der Waals surface area contributed by atoms with E-state index in [1.54, 1.807) is 7.11 Å². The summed E-state index contributed by atoms with van der Waals surface area (Å²) in [5, 5.41) is 3.38. The van der Waals surface area contributed by atoms with Gasteiger partial charge in [0.15, 0.2) is 0 Å². The second-order valence-corrected chi connectivity index (χ2v) is 3.98. The molecule has 0 unspecified atom stereocenters. The monoisotopic (exact) mass is 223 g/mol. The minimum absolute atomic E-state index is 0.479. The highest BCUT2D eigenvalue weighted by Gasteiger charge is 2.03. The summed E-state index contributed by atoms with van der Waals surface area (Å²) in [6.07, 6.45) is 0. The van der Waals surface area contributed by atoms with Crippen LogP contribution in [0.3, 0.4) is 0 Å². The van der Waals surface area contributed by atoms with Crippen molar-refractivity contribution in [2.45, 2.75) is 26.4 Å². The number of hydrogen-bond acceptors (Lipinski definition) is 3. The molecular formula is C13H21NO2. The van der Waals surface area contributed by atoms with Gasteiger partial charge in [-0.15, -0.1) is 0 Å². The minimum atomic E-state index is 0.479. The van der Waals surface area contributed by atoms with Crippen molar-refractivity contribution in [2.75, 3.05) is 20.3 Å². The summed E-state index contributed by atoms with van der Waals surface area (Å²) >= 11 is 0. The van der Waals surface area contributed by atoms with Gasteiger partial charge >= 0.3 is 0 Å². The zero-order valence-electron chi connectivity index (χ0n) is 10.3. The molecule has 0 saturated carbocycles. The predicted molar refractivity (Wildman–Crippen MR) is 65.8 cm³/mol. The highest BCUT2D eigenvalue weighted by molar-refractivity contribution is 5.33. The van der Waals surface area contributed by atoms with Gasteiger partial charge in [-0.1, -0.05) is 32.0 Å². The molecular weight excluding hydrogens is 202 g/mol. The summed E-state index contributed by atoms with van der Waals surface area (Å²) in [7, 11) is 1.68. The molecule has 0 aliphatic heterocycles. The normalized spacial score (nSPS) is 10.8. The molecule has 0 aliphatic carbocycles. The topological polar surface area (TPSA) is 30.5 Å². The maximum Gasteiger partial charge on any atom is 0.123 e. The Kier molecular flexibility index (Phi) is 5.90. The smallest absolute Gasteiger partial charge is 0.123 e. The van der Waals surface area contributed by atoms with Gasteiger partial charge in [0.2, 0.25) is 0 Å². The van der Waals surface area contributed by atoms with E-state index < -0.39 is 0 Å². The van der Waals surface area contributed by atoms with Crippen LogP contribution in [-0.2, 0) is 11.3 Å². The van der Waals surface area contributed by atoms with E-state index in [0.717, 1.165) is 12.3 Å². The molecule has 0 aromatic heterocycles. The van der Waals surface area contributed by atoms with E-state index in [1.807, 2.05) is 18.2 Å². The quantitative estimate of drug-likeness (QED) is 0.719. The van der Waals surface area contributed by atoms with E-state index in [9.17, 15) is 0 Å². The van der Waals surface area contributed by atoms with E-state index in [1.165, 1.54) is 5.56 Å². The van der Waals surface area contributed by atoms with E-state index >= 15 is 0 Å². The van der Waals surface area contributed by atoms with E-state index in [2.05, 4.69) is 25.2 Å². The summed E-state index contributed by atoms with van der Waals surface area (Å²) < 4.78 is 10.6. The van der Waals surface area contributed by atoms with Crippen molar-refractivity contribution in [3.8, 4) is 5.75 Å². The zero-order valence-corrected chi connectivity index (χ0v) is 10.3. The van der Waals surface area contributed by atoms with Gasteiger partial charge < -0.3 is 14.8 Å². The Hall–Kier alpha value is -1.06. The fourth-order valence-corrected chi connectivity index (χ4v) is 1.34. The Morgan fingerprint density at radius 1 is 1.19 bits per heavy atom. The Balaban J connectivity index is 2.53. The summed E-state index contributed by atoms with van der Waals surface area (Å²) in [4.78, 5) is 0. The van der Waals surface area contributed by atoms with Gasteiger partial charge in [0.25, 0.3) is 0 Å². The fraction of sp³-hybridized carbons (Fsp3) is 0.538. The minimum Gasteiger partial charge on any atom is -0.491 e. The molecule has 0 bridgehead atoms. The maximum atomic E-state index is 5.64. The Bertz CT molecular complexity index is 300. The van der Waals surface area contributed by atoms with E-state index in [-0.39, 0.29) is 0 Å². The average molecular weight is 223 g/mol. The molecule has 3 nitrogen and oxygen atoms in total.